The number of furan rings is 1. The third-order valence-electron chi connectivity index (χ3n) is 16.8. The van der Waals surface area contributed by atoms with Crippen molar-refractivity contribution < 1.29 is 4.42 Å². The lowest BCUT2D eigenvalue weighted by molar-refractivity contribution is 0.573. The number of hydrogen-bond donors (Lipinski definition) is 0. The van der Waals surface area contributed by atoms with Gasteiger partial charge in [-0.3, -0.25) is 0 Å². The number of rotatable bonds is 6. The Kier molecular flexibility index (Phi) is 11.2. The molecule has 11 aromatic rings. The van der Waals surface area contributed by atoms with Gasteiger partial charge in [0.05, 0.1) is 22.4 Å². The summed E-state index contributed by atoms with van der Waals surface area (Å²) < 4.78 is 9.07. The van der Waals surface area contributed by atoms with Gasteiger partial charge in [0.15, 0.2) is 0 Å². The lowest BCUT2D eigenvalue weighted by Gasteiger charge is -2.46. The Morgan fingerprint density at radius 1 is 0.500 bits per heavy atom. The predicted octanol–water partition coefficient (Wildman–Crippen LogP) is 16.2. The fourth-order valence-electron chi connectivity index (χ4n) is 13.1. The highest BCUT2D eigenvalue weighted by Crippen LogP contribution is 2.50. The highest BCUT2D eigenvalue weighted by atomic mass is 16.3. The second-order valence-electron chi connectivity index (χ2n) is 24.2. The summed E-state index contributed by atoms with van der Waals surface area (Å²) in [5, 5.41) is 4.39. The van der Waals surface area contributed by atoms with Crippen molar-refractivity contribution in [3.05, 3.63) is 238 Å². The van der Waals surface area contributed by atoms with Crippen LogP contribution in [0.3, 0.4) is 0 Å². The maximum absolute atomic E-state index is 6.58. The summed E-state index contributed by atoms with van der Waals surface area (Å²) in [6, 6.07) is 63.8. The van der Waals surface area contributed by atoms with E-state index in [4.69, 9.17) is 4.42 Å². The fraction of sp³-hybridized carbons (Fsp3) is 0.178. The summed E-state index contributed by atoms with van der Waals surface area (Å²) in [4.78, 5) is 5.24. The second kappa shape index (κ2) is 17.8. The van der Waals surface area contributed by atoms with Crippen molar-refractivity contribution in [2.45, 2.75) is 87.0 Å². The Hall–Kier alpha value is -8.54. The molecule has 5 heteroatoms. The monoisotopic (exact) mass is 1010 g/mol. The van der Waals surface area contributed by atoms with Crippen molar-refractivity contribution in [3.8, 4) is 16.8 Å². The number of aromatic nitrogens is 1. The molecule has 4 nitrogen and oxygen atoms in total. The first-order chi connectivity index (χ1) is 37.4. The number of para-hydroxylation sites is 2. The number of hydrogen-bond acceptors (Lipinski definition) is 3. The van der Waals surface area contributed by atoms with Gasteiger partial charge in [-0.2, -0.15) is 0 Å². The van der Waals surface area contributed by atoms with Crippen molar-refractivity contribution in [2.24, 2.45) is 0 Å². The summed E-state index contributed by atoms with van der Waals surface area (Å²) in [6.45, 7) is 34.2. The zero-order valence-electron chi connectivity index (χ0n) is 47.0. The van der Waals surface area contributed by atoms with Crippen LogP contribution >= 0.6 is 0 Å². The van der Waals surface area contributed by atoms with Gasteiger partial charge in [-0.05, 0) is 196 Å². The van der Waals surface area contributed by atoms with Gasteiger partial charge in [0, 0.05) is 55.4 Å². The van der Waals surface area contributed by atoms with E-state index in [0.29, 0.717) is 0 Å². The van der Waals surface area contributed by atoms with Crippen molar-refractivity contribution >= 4 is 102 Å². The Balaban J connectivity index is 1.15. The van der Waals surface area contributed by atoms with E-state index in [1.165, 1.54) is 106 Å². The zero-order valence-corrected chi connectivity index (χ0v) is 47.0. The molecule has 0 amide bonds. The van der Waals surface area contributed by atoms with E-state index < -0.39 is 0 Å². The number of benzene rings is 9. The molecule has 0 unspecified atom stereocenters. The topological polar surface area (TPSA) is 24.6 Å². The van der Waals surface area contributed by atoms with Gasteiger partial charge < -0.3 is 18.8 Å². The van der Waals surface area contributed by atoms with Crippen molar-refractivity contribution in [1.82, 2.24) is 4.57 Å². The smallest absolute Gasteiger partial charge is 0.252 e. The van der Waals surface area contributed by atoms with Crippen LogP contribution < -0.4 is 36.8 Å². The number of nitrogens with zero attached hydrogens (tertiary/aromatic N) is 3. The molecule has 382 valence electrons. The molecule has 0 atom stereocenters. The third kappa shape index (κ3) is 7.57. The molecule has 0 N–H and O–H groups in total. The van der Waals surface area contributed by atoms with Gasteiger partial charge in [0.1, 0.15) is 11.0 Å². The van der Waals surface area contributed by atoms with Gasteiger partial charge in [0.2, 0.25) is 0 Å². The Bertz CT molecular complexity index is 4400. The van der Waals surface area contributed by atoms with E-state index in [-0.39, 0.29) is 17.5 Å². The number of fused-ring (bicyclic) bond motifs is 8. The summed E-state index contributed by atoms with van der Waals surface area (Å²) in [5.74, 6) is 0. The SMILES string of the molecule is C=C/C(c1cc(C)c(N2c3cc4c(cc3B3c5ccc(C(C)(C)C)cc5N(c5c(C)cc(-c6ccccc6)cc5C)c5cc(C)cc2c53)c2cc(C(C)(C)C)ccc2n4-c2ccccc2)c(C)c1)=c1/oc2ccccc2c1=C. The van der Waals surface area contributed by atoms with E-state index in [1.807, 2.05) is 24.3 Å². The molecule has 0 spiro atoms. The van der Waals surface area contributed by atoms with Crippen molar-refractivity contribution in [3.63, 3.8) is 0 Å². The minimum Gasteiger partial charge on any atom is -0.455 e. The van der Waals surface area contributed by atoms with Crippen LogP contribution in [0, 0.1) is 34.6 Å². The maximum atomic E-state index is 6.58. The summed E-state index contributed by atoms with van der Waals surface area (Å²) in [6.07, 6.45) is 1.93. The first-order valence-electron chi connectivity index (χ1n) is 27.6. The molecule has 0 saturated carbocycles. The minimum atomic E-state index is -0.0826. The van der Waals surface area contributed by atoms with Gasteiger partial charge in [-0.1, -0.05) is 152 Å². The van der Waals surface area contributed by atoms with Crippen LogP contribution in [0.1, 0.15) is 86.1 Å². The summed E-state index contributed by atoms with van der Waals surface area (Å²) in [7, 11) is 0. The van der Waals surface area contributed by atoms with Crippen molar-refractivity contribution in [2.75, 3.05) is 9.80 Å². The maximum Gasteiger partial charge on any atom is 0.252 e. The van der Waals surface area contributed by atoms with Crippen molar-refractivity contribution in [1.29, 1.82) is 0 Å². The molecule has 13 rings (SSSR count). The van der Waals surface area contributed by atoms with Gasteiger partial charge in [0.25, 0.3) is 6.71 Å². The van der Waals surface area contributed by atoms with Gasteiger partial charge >= 0.3 is 0 Å². The lowest BCUT2D eigenvalue weighted by Crippen LogP contribution is -2.61. The molecular weight excluding hydrogens is 946 g/mol. The van der Waals surface area contributed by atoms with Crippen LogP contribution in [0.4, 0.5) is 34.1 Å². The lowest BCUT2D eigenvalue weighted by atomic mass is 9.33. The average Bonchev–Trinajstić information content (AvgIpc) is 3.74. The van der Waals surface area contributed by atoms with E-state index >= 15 is 0 Å². The largest absolute Gasteiger partial charge is 0.455 e. The number of anilines is 6. The standard InChI is InChI=1S/C73H66BN3O/c1-14-55(71-48(7)56-27-21-22-28-67(56)78-71)51-37-46(5)70(47(6)38-51)77-64-42-62-58(57-39-52(72(8,9)10)30-32-61(57)75(62)54-25-19-16-20-26-54)41-60(64)74-59-31-29-53(73(11,12)13)40-63(59)76(65-33-43(2)34-66(77)68(65)74)69-44(3)35-50(36-45(69)4)49-23-17-15-18-24-49/h14-42H,1,7H2,2-6,8-13H3/b71-55-. The quantitative estimate of drug-likeness (QED) is 0.155. The summed E-state index contributed by atoms with van der Waals surface area (Å²) >= 11 is 0. The van der Waals surface area contributed by atoms with Crippen LogP contribution in [0.15, 0.2) is 187 Å². The third-order valence-corrected chi connectivity index (χ3v) is 16.8. The van der Waals surface area contributed by atoms with E-state index in [9.17, 15) is 0 Å². The Labute approximate surface area is 460 Å². The molecule has 2 aliphatic rings. The first-order valence-corrected chi connectivity index (χ1v) is 27.6. The highest BCUT2D eigenvalue weighted by Gasteiger charge is 2.45. The average molecular weight is 1010 g/mol. The Morgan fingerprint density at radius 3 is 1.67 bits per heavy atom. The molecule has 0 saturated heterocycles. The molecule has 9 aromatic carbocycles. The van der Waals surface area contributed by atoms with Crippen LogP contribution in [-0.4, -0.2) is 11.3 Å². The second-order valence-corrected chi connectivity index (χ2v) is 24.2. The zero-order chi connectivity index (χ0) is 54.3. The normalized spacial score (nSPS) is 13.6. The van der Waals surface area contributed by atoms with Gasteiger partial charge in [-0.25, -0.2) is 0 Å². The van der Waals surface area contributed by atoms with E-state index in [2.05, 4.69) is 255 Å². The summed E-state index contributed by atoms with van der Waals surface area (Å²) in [5.41, 5.74) is 29.1. The van der Waals surface area contributed by atoms with E-state index in [1.54, 1.807) is 0 Å². The molecular formula is C73H66BN3O. The molecule has 0 fully saturated rings. The molecule has 4 heterocycles. The fourth-order valence-corrected chi connectivity index (χ4v) is 13.1. The number of allylic oxidation sites excluding steroid dienone is 1. The molecule has 2 aromatic heterocycles. The number of aryl methyl sites for hydroxylation is 5. The van der Waals surface area contributed by atoms with Crippen LogP contribution in [0.2, 0.25) is 0 Å². The van der Waals surface area contributed by atoms with Crippen LogP contribution in [-0.2, 0) is 10.8 Å². The molecule has 0 radical (unpaired) electrons. The van der Waals surface area contributed by atoms with Crippen LogP contribution in [0.25, 0.3) is 61.7 Å². The minimum absolute atomic E-state index is 0.0398. The van der Waals surface area contributed by atoms with E-state index in [0.717, 1.165) is 55.2 Å². The molecule has 0 aliphatic carbocycles. The highest BCUT2D eigenvalue weighted by molar-refractivity contribution is 7.00. The Morgan fingerprint density at radius 2 is 1.05 bits per heavy atom. The predicted molar refractivity (Wildman–Crippen MR) is 335 cm³/mol. The van der Waals surface area contributed by atoms with Gasteiger partial charge in [-0.15, -0.1) is 0 Å². The first kappa shape index (κ1) is 49.1. The van der Waals surface area contributed by atoms with Crippen LogP contribution in [0.5, 0.6) is 0 Å². The molecule has 0 bridgehead atoms. The molecule has 2 aliphatic heterocycles. The molecule has 78 heavy (non-hydrogen) atoms.